The van der Waals surface area contributed by atoms with Crippen molar-refractivity contribution in [2.45, 2.75) is 82.6 Å². The van der Waals surface area contributed by atoms with E-state index in [-0.39, 0.29) is 23.6 Å². The van der Waals surface area contributed by atoms with Crippen LogP contribution >= 0.6 is 0 Å². The van der Waals surface area contributed by atoms with Crippen molar-refractivity contribution < 1.29 is 14.6 Å². The molecule has 2 bridgehead atoms. The molecule has 1 amide bonds. The minimum absolute atomic E-state index is 0.0610. The van der Waals surface area contributed by atoms with E-state index in [1.165, 1.54) is 5.56 Å². The summed E-state index contributed by atoms with van der Waals surface area (Å²) in [5.41, 5.74) is 2.82. The highest BCUT2D eigenvalue weighted by atomic mass is 16.6. The Balaban J connectivity index is 1.38. The fourth-order valence-electron chi connectivity index (χ4n) is 5.06. The predicted octanol–water partition coefficient (Wildman–Crippen LogP) is 5.22. The summed E-state index contributed by atoms with van der Waals surface area (Å²) in [7, 11) is 0. The fourth-order valence-corrected chi connectivity index (χ4v) is 5.06. The summed E-state index contributed by atoms with van der Waals surface area (Å²) < 4.78 is 5.59. The number of carbonyl (C=O) groups is 1. The number of amides is 1. The highest BCUT2D eigenvalue weighted by molar-refractivity contribution is 5.69. The van der Waals surface area contributed by atoms with Gasteiger partial charge in [0.15, 0.2) is 0 Å². The molecule has 4 heteroatoms. The van der Waals surface area contributed by atoms with Gasteiger partial charge in [-0.3, -0.25) is 0 Å². The maximum atomic E-state index is 12.8. The molecule has 1 N–H and O–H groups in total. The fraction of sp³-hybridized carbons (Fsp3) is 0.500. The monoisotopic (exact) mass is 407 g/mol. The van der Waals surface area contributed by atoms with Crippen LogP contribution in [-0.2, 0) is 23.2 Å². The van der Waals surface area contributed by atoms with Crippen molar-refractivity contribution >= 4 is 6.09 Å². The number of benzene rings is 2. The molecule has 2 fully saturated rings. The van der Waals surface area contributed by atoms with Crippen LogP contribution in [0.4, 0.5) is 4.79 Å². The molecule has 2 heterocycles. The minimum atomic E-state index is -0.759. The Bertz CT molecular complexity index is 855. The molecule has 0 spiro atoms. The molecule has 2 aromatic carbocycles. The van der Waals surface area contributed by atoms with Crippen LogP contribution in [0.5, 0.6) is 0 Å². The summed E-state index contributed by atoms with van der Waals surface area (Å²) in [4.78, 5) is 14.6. The number of hydrogen-bond donors (Lipinski definition) is 1. The van der Waals surface area contributed by atoms with Crippen LogP contribution in [0.3, 0.4) is 0 Å². The van der Waals surface area contributed by atoms with E-state index in [4.69, 9.17) is 4.74 Å². The van der Waals surface area contributed by atoms with Gasteiger partial charge in [-0.05, 0) is 47.8 Å². The Morgan fingerprint density at radius 1 is 1.00 bits per heavy atom. The van der Waals surface area contributed by atoms with E-state index >= 15 is 0 Å². The van der Waals surface area contributed by atoms with E-state index < -0.39 is 5.60 Å². The lowest BCUT2D eigenvalue weighted by Gasteiger charge is -2.43. The van der Waals surface area contributed by atoms with Crippen molar-refractivity contribution in [2.24, 2.45) is 0 Å². The van der Waals surface area contributed by atoms with Gasteiger partial charge >= 0.3 is 6.09 Å². The Morgan fingerprint density at radius 3 is 2.17 bits per heavy atom. The van der Waals surface area contributed by atoms with E-state index in [9.17, 15) is 9.90 Å². The molecule has 30 heavy (non-hydrogen) atoms. The van der Waals surface area contributed by atoms with Crippen molar-refractivity contribution in [3.8, 4) is 0 Å². The maximum absolute atomic E-state index is 12.8. The van der Waals surface area contributed by atoms with Gasteiger partial charge in [0, 0.05) is 18.5 Å². The lowest BCUT2D eigenvalue weighted by Crippen LogP contribution is -2.54. The third-order valence-corrected chi connectivity index (χ3v) is 6.62. The van der Waals surface area contributed by atoms with Gasteiger partial charge in [-0.15, -0.1) is 0 Å². The van der Waals surface area contributed by atoms with Gasteiger partial charge in [-0.1, -0.05) is 75.4 Å². The summed E-state index contributed by atoms with van der Waals surface area (Å²) in [5.74, 6) is 0. The number of rotatable bonds is 4. The molecule has 0 saturated carbocycles. The van der Waals surface area contributed by atoms with Crippen LogP contribution < -0.4 is 0 Å². The largest absolute Gasteiger partial charge is 0.445 e. The standard InChI is InChI=1S/C26H33NO3/c1-25(2,3)21-11-9-19(10-12-21)15-26(29)16-22-13-14-23(17-26)27(22)24(28)30-18-20-7-5-4-6-8-20/h4-12,22-23,29H,13-18H2,1-3H3. The molecule has 2 saturated heterocycles. The van der Waals surface area contributed by atoms with Gasteiger partial charge in [0.1, 0.15) is 6.61 Å². The molecule has 160 valence electrons. The molecule has 2 aromatic rings. The van der Waals surface area contributed by atoms with E-state index in [1.807, 2.05) is 35.2 Å². The van der Waals surface area contributed by atoms with E-state index in [0.717, 1.165) is 24.0 Å². The molecule has 2 aliphatic rings. The highest BCUT2D eigenvalue weighted by Gasteiger charge is 2.49. The molecule has 0 radical (unpaired) electrons. The van der Waals surface area contributed by atoms with Crippen LogP contribution in [-0.4, -0.2) is 33.8 Å². The molecule has 2 aliphatic heterocycles. The highest BCUT2D eigenvalue weighted by Crippen LogP contribution is 2.42. The second-order valence-corrected chi connectivity index (χ2v) is 10.1. The molecule has 0 aliphatic carbocycles. The Hall–Kier alpha value is -2.33. The van der Waals surface area contributed by atoms with Gasteiger partial charge < -0.3 is 14.7 Å². The summed E-state index contributed by atoms with van der Waals surface area (Å²) in [6, 6.07) is 18.5. The van der Waals surface area contributed by atoms with Crippen LogP contribution in [0, 0.1) is 0 Å². The second kappa shape index (κ2) is 8.07. The Kier molecular flexibility index (Phi) is 5.63. The van der Waals surface area contributed by atoms with Crippen molar-refractivity contribution in [1.82, 2.24) is 4.90 Å². The first-order valence-corrected chi connectivity index (χ1v) is 11.0. The first kappa shape index (κ1) is 20.9. The third-order valence-electron chi connectivity index (χ3n) is 6.62. The average Bonchev–Trinajstić information content (AvgIpc) is 2.99. The molecule has 4 rings (SSSR count). The van der Waals surface area contributed by atoms with Crippen LogP contribution in [0.15, 0.2) is 54.6 Å². The van der Waals surface area contributed by atoms with E-state index in [2.05, 4.69) is 45.0 Å². The lowest BCUT2D eigenvalue weighted by atomic mass is 9.80. The maximum Gasteiger partial charge on any atom is 0.410 e. The smallest absolute Gasteiger partial charge is 0.410 e. The van der Waals surface area contributed by atoms with Crippen molar-refractivity contribution in [3.05, 3.63) is 71.3 Å². The zero-order valence-electron chi connectivity index (χ0n) is 18.3. The molecule has 0 aromatic heterocycles. The van der Waals surface area contributed by atoms with Gasteiger partial charge in [-0.25, -0.2) is 4.79 Å². The Morgan fingerprint density at radius 2 is 1.60 bits per heavy atom. The number of carbonyl (C=O) groups excluding carboxylic acids is 1. The summed E-state index contributed by atoms with van der Waals surface area (Å²) in [6.07, 6.45) is 3.50. The number of nitrogens with zero attached hydrogens (tertiary/aromatic N) is 1. The van der Waals surface area contributed by atoms with Gasteiger partial charge in [0.05, 0.1) is 5.60 Å². The van der Waals surface area contributed by atoms with Gasteiger partial charge in [0.2, 0.25) is 0 Å². The number of aliphatic hydroxyl groups is 1. The van der Waals surface area contributed by atoms with Crippen LogP contribution in [0.1, 0.15) is 63.1 Å². The minimum Gasteiger partial charge on any atom is -0.445 e. The average molecular weight is 408 g/mol. The molecular weight excluding hydrogens is 374 g/mol. The molecule has 2 atom stereocenters. The number of ether oxygens (including phenoxy) is 1. The van der Waals surface area contributed by atoms with Gasteiger partial charge in [0.25, 0.3) is 0 Å². The number of fused-ring (bicyclic) bond motifs is 2. The summed E-state index contributed by atoms with van der Waals surface area (Å²) >= 11 is 0. The molecule has 2 unspecified atom stereocenters. The number of piperidine rings is 1. The van der Waals surface area contributed by atoms with Crippen LogP contribution in [0.2, 0.25) is 0 Å². The third kappa shape index (κ3) is 4.54. The molecular formula is C26H33NO3. The lowest BCUT2D eigenvalue weighted by molar-refractivity contribution is -0.0485. The van der Waals surface area contributed by atoms with Crippen molar-refractivity contribution in [2.75, 3.05) is 0 Å². The zero-order chi connectivity index (χ0) is 21.4. The first-order chi connectivity index (χ1) is 14.2. The SMILES string of the molecule is CC(C)(C)c1ccc(CC2(O)CC3CCC(C2)N3C(=O)OCc2ccccc2)cc1. The topological polar surface area (TPSA) is 49.8 Å². The normalized spacial score (nSPS) is 25.9. The first-order valence-electron chi connectivity index (χ1n) is 11.0. The van der Waals surface area contributed by atoms with Crippen LogP contribution in [0.25, 0.3) is 0 Å². The summed E-state index contributed by atoms with van der Waals surface area (Å²) in [6.45, 7) is 6.92. The predicted molar refractivity (Wildman–Crippen MR) is 118 cm³/mol. The molecule has 4 nitrogen and oxygen atoms in total. The quantitative estimate of drug-likeness (QED) is 0.756. The zero-order valence-corrected chi connectivity index (χ0v) is 18.3. The van der Waals surface area contributed by atoms with Gasteiger partial charge in [-0.2, -0.15) is 0 Å². The van der Waals surface area contributed by atoms with E-state index in [0.29, 0.717) is 25.9 Å². The summed E-state index contributed by atoms with van der Waals surface area (Å²) in [5, 5.41) is 11.4. The Labute approximate surface area is 179 Å². The van der Waals surface area contributed by atoms with Crippen molar-refractivity contribution in [3.63, 3.8) is 0 Å². The number of hydrogen-bond acceptors (Lipinski definition) is 3. The van der Waals surface area contributed by atoms with E-state index in [1.54, 1.807) is 0 Å². The second-order valence-electron chi connectivity index (χ2n) is 10.1. The van der Waals surface area contributed by atoms with Crippen molar-refractivity contribution in [1.29, 1.82) is 0 Å².